The van der Waals surface area contributed by atoms with Crippen LogP contribution >= 0.6 is 0 Å². The number of pyridine rings is 1. The van der Waals surface area contributed by atoms with Crippen LogP contribution in [-0.2, 0) is 25.4 Å². The van der Waals surface area contributed by atoms with Crippen molar-refractivity contribution in [2.24, 2.45) is 0 Å². The van der Waals surface area contributed by atoms with Gasteiger partial charge in [0.2, 0.25) is 0 Å². The molecule has 3 aromatic rings. The lowest BCUT2D eigenvalue weighted by Crippen LogP contribution is -2.10. The summed E-state index contributed by atoms with van der Waals surface area (Å²) in [4.78, 5) is 4.06. The van der Waals surface area contributed by atoms with Crippen LogP contribution in [0.1, 0.15) is 27.9 Å². The zero-order valence-corrected chi connectivity index (χ0v) is 16.8. The number of aryl methyl sites for hydroxylation is 1. The van der Waals surface area contributed by atoms with Crippen molar-refractivity contribution in [1.29, 1.82) is 0 Å². The molecule has 4 nitrogen and oxygen atoms in total. The van der Waals surface area contributed by atoms with Crippen molar-refractivity contribution in [3.63, 3.8) is 0 Å². The Labute approximate surface area is 179 Å². The van der Waals surface area contributed by atoms with E-state index in [1.165, 1.54) is 30.5 Å². The standard InChI is InChI=1S/C22H19F6N3O/c1-13-20(32)19(12-31-18-7-3-5-16(9-18)22(26,27)28)14(10-29-13)11-30-17-6-2-4-15(8-17)21(23,24)25/h2-10,30-32H,11-12H2,1H3. The summed E-state index contributed by atoms with van der Waals surface area (Å²) in [6.07, 6.45) is -7.52. The summed E-state index contributed by atoms with van der Waals surface area (Å²) >= 11 is 0. The highest BCUT2D eigenvalue weighted by atomic mass is 19.4. The van der Waals surface area contributed by atoms with E-state index < -0.39 is 23.5 Å². The van der Waals surface area contributed by atoms with Crippen molar-refractivity contribution in [2.45, 2.75) is 32.4 Å². The van der Waals surface area contributed by atoms with Crippen molar-refractivity contribution < 1.29 is 31.4 Å². The highest BCUT2D eigenvalue weighted by molar-refractivity contribution is 5.51. The van der Waals surface area contributed by atoms with E-state index in [-0.39, 0.29) is 30.2 Å². The number of nitrogens with one attached hydrogen (secondary N) is 2. The molecule has 0 aliphatic rings. The number of hydrogen-bond donors (Lipinski definition) is 3. The van der Waals surface area contributed by atoms with E-state index in [0.29, 0.717) is 16.8 Å². The van der Waals surface area contributed by atoms with E-state index in [1.807, 2.05) is 0 Å². The van der Waals surface area contributed by atoms with Crippen molar-refractivity contribution in [3.8, 4) is 5.75 Å². The molecule has 1 heterocycles. The third-order valence-electron chi connectivity index (χ3n) is 4.76. The molecule has 1 aromatic heterocycles. The van der Waals surface area contributed by atoms with Crippen molar-refractivity contribution >= 4 is 11.4 Å². The van der Waals surface area contributed by atoms with Gasteiger partial charge in [-0.3, -0.25) is 4.98 Å². The molecule has 0 saturated carbocycles. The third kappa shape index (κ3) is 5.63. The lowest BCUT2D eigenvalue weighted by atomic mass is 10.1. The minimum atomic E-state index is -4.49. The molecule has 10 heteroatoms. The highest BCUT2D eigenvalue weighted by Crippen LogP contribution is 2.32. The van der Waals surface area contributed by atoms with Gasteiger partial charge in [0, 0.05) is 36.2 Å². The fourth-order valence-corrected chi connectivity index (χ4v) is 3.03. The maximum atomic E-state index is 12.9. The Kier molecular flexibility index (Phi) is 6.52. The van der Waals surface area contributed by atoms with Gasteiger partial charge in [0.05, 0.1) is 16.8 Å². The third-order valence-corrected chi connectivity index (χ3v) is 4.76. The quantitative estimate of drug-likeness (QED) is 0.379. The van der Waals surface area contributed by atoms with Crippen LogP contribution in [0.3, 0.4) is 0 Å². The number of aromatic nitrogens is 1. The predicted octanol–water partition coefficient (Wildman–Crippen LogP) is 6.36. The summed E-state index contributed by atoms with van der Waals surface area (Å²) in [6, 6.07) is 9.27. The highest BCUT2D eigenvalue weighted by Gasteiger charge is 2.31. The van der Waals surface area contributed by atoms with E-state index in [0.717, 1.165) is 24.3 Å². The maximum absolute atomic E-state index is 12.9. The fourth-order valence-electron chi connectivity index (χ4n) is 3.03. The Bertz CT molecular complexity index is 1100. The van der Waals surface area contributed by atoms with Gasteiger partial charge in [-0.2, -0.15) is 26.3 Å². The summed E-state index contributed by atoms with van der Waals surface area (Å²) in [5, 5.41) is 16.1. The number of aromatic hydroxyl groups is 1. The zero-order chi connectivity index (χ0) is 23.5. The smallest absolute Gasteiger partial charge is 0.416 e. The molecule has 32 heavy (non-hydrogen) atoms. The van der Waals surface area contributed by atoms with Crippen molar-refractivity contribution in [2.75, 3.05) is 10.6 Å². The summed E-state index contributed by atoms with van der Waals surface area (Å²) < 4.78 is 77.5. The minimum Gasteiger partial charge on any atom is -0.506 e. The molecule has 3 rings (SSSR count). The van der Waals surface area contributed by atoms with Gasteiger partial charge in [0.1, 0.15) is 5.75 Å². The molecule has 0 aliphatic heterocycles. The first kappa shape index (κ1) is 23.2. The van der Waals surface area contributed by atoms with E-state index in [1.54, 1.807) is 6.92 Å². The van der Waals surface area contributed by atoms with Crippen LogP contribution in [0.5, 0.6) is 5.75 Å². The van der Waals surface area contributed by atoms with Crippen LogP contribution in [0.15, 0.2) is 54.7 Å². The van der Waals surface area contributed by atoms with Gasteiger partial charge >= 0.3 is 12.4 Å². The SMILES string of the molecule is Cc1ncc(CNc2cccc(C(F)(F)F)c2)c(CNc2cccc(C(F)(F)F)c2)c1O. The van der Waals surface area contributed by atoms with Gasteiger partial charge in [-0.1, -0.05) is 12.1 Å². The number of halogens is 6. The Morgan fingerprint density at radius 3 is 1.81 bits per heavy atom. The number of rotatable bonds is 6. The minimum absolute atomic E-state index is 0.0178. The number of hydrogen-bond acceptors (Lipinski definition) is 4. The first-order valence-corrected chi connectivity index (χ1v) is 9.43. The molecule has 0 aliphatic carbocycles. The molecule has 3 N–H and O–H groups in total. The molecule has 0 saturated heterocycles. The lowest BCUT2D eigenvalue weighted by Gasteiger charge is -2.16. The molecular formula is C22H19F6N3O. The average Bonchev–Trinajstić information content (AvgIpc) is 2.73. The monoisotopic (exact) mass is 455 g/mol. The molecular weight excluding hydrogens is 436 g/mol. The molecule has 0 radical (unpaired) electrons. The Hall–Kier alpha value is -3.43. The van der Waals surface area contributed by atoms with Crippen molar-refractivity contribution in [1.82, 2.24) is 4.98 Å². The zero-order valence-electron chi connectivity index (χ0n) is 16.8. The lowest BCUT2D eigenvalue weighted by molar-refractivity contribution is -0.138. The largest absolute Gasteiger partial charge is 0.506 e. The van der Waals surface area contributed by atoms with E-state index in [4.69, 9.17) is 0 Å². The molecule has 0 fully saturated rings. The number of nitrogens with zero attached hydrogens (tertiary/aromatic N) is 1. The second-order valence-corrected chi connectivity index (χ2v) is 7.06. The summed E-state index contributed by atoms with van der Waals surface area (Å²) in [6.45, 7) is 1.59. The maximum Gasteiger partial charge on any atom is 0.416 e. The Morgan fingerprint density at radius 2 is 1.31 bits per heavy atom. The van der Waals surface area contributed by atoms with Crippen LogP contribution < -0.4 is 10.6 Å². The van der Waals surface area contributed by atoms with Gasteiger partial charge in [0.15, 0.2) is 0 Å². The van der Waals surface area contributed by atoms with E-state index in [9.17, 15) is 31.4 Å². The normalized spacial score (nSPS) is 12.0. The summed E-state index contributed by atoms with van der Waals surface area (Å²) in [5.41, 5.74) is -0.0434. The average molecular weight is 455 g/mol. The first-order chi connectivity index (χ1) is 14.9. The first-order valence-electron chi connectivity index (χ1n) is 9.43. The molecule has 0 spiro atoms. The summed E-state index contributed by atoms with van der Waals surface area (Å²) in [7, 11) is 0. The van der Waals surface area contributed by atoms with E-state index >= 15 is 0 Å². The molecule has 170 valence electrons. The number of benzene rings is 2. The van der Waals surface area contributed by atoms with Gasteiger partial charge in [0.25, 0.3) is 0 Å². The molecule has 2 aromatic carbocycles. The van der Waals surface area contributed by atoms with Crippen LogP contribution in [-0.4, -0.2) is 10.1 Å². The Balaban J connectivity index is 1.79. The van der Waals surface area contributed by atoms with Crippen LogP contribution in [0.25, 0.3) is 0 Å². The van der Waals surface area contributed by atoms with Crippen molar-refractivity contribution in [3.05, 3.63) is 82.7 Å². The number of alkyl halides is 6. The van der Waals surface area contributed by atoms with Gasteiger partial charge in [-0.25, -0.2) is 0 Å². The Morgan fingerprint density at radius 1 is 0.812 bits per heavy atom. The van der Waals surface area contributed by atoms with Crippen LogP contribution in [0.4, 0.5) is 37.7 Å². The van der Waals surface area contributed by atoms with Crippen LogP contribution in [0, 0.1) is 6.92 Å². The van der Waals surface area contributed by atoms with Crippen LogP contribution in [0.2, 0.25) is 0 Å². The summed E-state index contributed by atoms with van der Waals surface area (Å²) in [5.74, 6) is -0.146. The van der Waals surface area contributed by atoms with Gasteiger partial charge in [-0.15, -0.1) is 0 Å². The van der Waals surface area contributed by atoms with Gasteiger partial charge in [-0.05, 0) is 48.9 Å². The molecule has 0 bridgehead atoms. The predicted molar refractivity (Wildman–Crippen MR) is 108 cm³/mol. The van der Waals surface area contributed by atoms with E-state index in [2.05, 4.69) is 15.6 Å². The topological polar surface area (TPSA) is 57.2 Å². The molecule has 0 atom stereocenters. The molecule has 0 amide bonds. The molecule has 0 unspecified atom stereocenters. The second kappa shape index (κ2) is 8.97. The second-order valence-electron chi connectivity index (χ2n) is 7.06. The number of anilines is 2. The van der Waals surface area contributed by atoms with Gasteiger partial charge < -0.3 is 15.7 Å². The fraction of sp³-hybridized carbons (Fsp3) is 0.227.